The van der Waals surface area contributed by atoms with Crippen molar-refractivity contribution in [2.24, 2.45) is 5.16 Å². The van der Waals surface area contributed by atoms with Crippen molar-refractivity contribution in [1.29, 1.82) is 0 Å². The third-order valence-electron chi connectivity index (χ3n) is 2.55. The fraction of sp³-hybridized carbons (Fsp3) is 0.133. The van der Waals surface area contributed by atoms with Gasteiger partial charge in [-0.2, -0.15) is 0 Å². The Balaban J connectivity index is 1.97. The van der Waals surface area contributed by atoms with Crippen LogP contribution in [0.3, 0.4) is 0 Å². The van der Waals surface area contributed by atoms with Crippen LogP contribution >= 0.6 is 0 Å². The van der Waals surface area contributed by atoms with E-state index in [9.17, 15) is 13.2 Å². The van der Waals surface area contributed by atoms with Gasteiger partial charge >= 0.3 is 0 Å². The van der Waals surface area contributed by atoms with E-state index >= 15 is 0 Å². The second-order valence-corrected chi connectivity index (χ2v) is 3.99. The minimum atomic E-state index is -2.60. The third-order valence-corrected chi connectivity index (χ3v) is 2.55. The summed E-state index contributed by atoms with van der Waals surface area (Å²) in [6, 6.07) is 11.7. The Kier molecular flexibility index (Phi) is 4.76. The summed E-state index contributed by atoms with van der Waals surface area (Å²) in [5.41, 5.74) is 0.602. The molecule has 0 spiro atoms. The molecule has 0 amide bonds. The second-order valence-electron chi connectivity index (χ2n) is 3.99. The predicted octanol–water partition coefficient (Wildman–Crippen LogP) is 4.19. The summed E-state index contributed by atoms with van der Waals surface area (Å²) in [5.74, 6) is -0.373. The lowest BCUT2D eigenvalue weighted by Crippen LogP contribution is -1.94. The molecule has 2 rings (SSSR count). The summed E-state index contributed by atoms with van der Waals surface area (Å²) in [6.07, 6.45) is -0.191. The van der Waals surface area contributed by atoms with Crippen molar-refractivity contribution in [3.63, 3.8) is 0 Å². The van der Waals surface area contributed by atoms with E-state index in [2.05, 4.69) is 11.4 Å². The SMILES string of the molecule is Fc1cccc(CO/N=[C]\c2ccccc2C(F)F)c1. The minimum Gasteiger partial charge on any atom is -0.390 e. The highest BCUT2D eigenvalue weighted by Crippen LogP contribution is 2.21. The number of hydrogen-bond donors (Lipinski definition) is 0. The van der Waals surface area contributed by atoms with Crippen molar-refractivity contribution in [3.8, 4) is 0 Å². The van der Waals surface area contributed by atoms with Crippen LogP contribution in [0.2, 0.25) is 0 Å². The number of alkyl halides is 2. The van der Waals surface area contributed by atoms with E-state index in [1.54, 1.807) is 18.2 Å². The molecule has 1 radical (unpaired) electrons. The lowest BCUT2D eigenvalue weighted by Gasteiger charge is -2.03. The Morgan fingerprint density at radius 2 is 1.90 bits per heavy atom. The van der Waals surface area contributed by atoms with Gasteiger partial charge in [0, 0.05) is 11.1 Å². The molecule has 5 heteroatoms. The molecule has 0 atom stereocenters. The standard InChI is InChI=1S/C15H11F3NO/c16-13-6-3-4-11(8-13)10-20-19-9-12-5-1-2-7-14(12)15(17)18/h1-8,15H,10H2. The Morgan fingerprint density at radius 1 is 1.10 bits per heavy atom. The molecule has 0 aliphatic carbocycles. The molecule has 0 unspecified atom stereocenters. The number of benzene rings is 2. The zero-order chi connectivity index (χ0) is 14.4. The summed E-state index contributed by atoms with van der Waals surface area (Å²) >= 11 is 0. The monoisotopic (exact) mass is 278 g/mol. The predicted molar refractivity (Wildman–Crippen MR) is 69.1 cm³/mol. The first-order valence-corrected chi connectivity index (χ1v) is 5.86. The molecule has 0 aliphatic rings. The molecule has 0 aromatic heterocycles. The van der Waals surface area contributed by atoms with E-state index in [1.165, 1.54) is 30.3 Å². The number of halogens is 3. The summed E-state index contributed by atoms with van der Waals surface area (Å²) in [6.45, 7) is 0.0433. The maximum Gasteiger partial charge on any atom is 0.264 e. The molecule has 0 bridgehead atoms. The average Bonchev–Trinajstić information content (AvgIpc) is 2.44. The second kappa shape index (κ2) is 6.75. The Hall–Kier alpha value is -2.30. The largest absolute Gasteiger partial charge is 0.390 e. The maximum atomic E-state index is 12.9. The van der Waals surface area contributed by atoms with Gasteiger partial charge in [-0.05, 0) is 17.7 Å². The molecular formula is C15H11F3NO. The van der Waals surface area contributed by atoms with E-state index in [4.69, 9.17) is 4.84 Å². The van der Waals surface area contributed by atoms with Gasteiger partial charge in [0.1, 0.15) is 18.6 Å². The normalized spacial score (nSPS) is 11.2. The van der Waals surface area contributed by atoms with Gasteiger partial charge in [0.05, 0.1) is 0 Å². The molecule has 20 heavy (non-hydrogen) atoms. The van der Waals surface area contributed by atoms with Crippen molar-refractivity contribution in [3.05, 3.63) is 71.0 Å². The van der Waals surface area contributed by atoms with Gasteiger partial charge in [-0.15, -0.1) is 0 Å². The first kappa shape index (κ1) is 14.1. The maximum absolute atomic E-state index is 12.9. The van der Waals surface area contributed by atoms with Crippen LogP contribution in [-0.2, 0) is 11.4 Å². The Morgan fingerprint density at radius 3 is 2.65 bits per heavy atom. The first-order chi connectivity index (χ1) is 9.66. The summed E-state index contributed by atoms with van der Waals surface area (Å²) in [4.78, 5) is 4.92. The van der Waals surface area contributed by atoms with Crippen LogP contribution in [-0.4, -0.2) is 6.21 Å². The lowest BCUT2D eigenvalue weighted by molar-refractivity contribution is 0.131. The fourth-order valence-electron chi connectivity index (χ4n) is 1.60. The van der Waals surface area contributed by atoms with Gasteiger partial charge < -0.3 is 4.84 Å². The molecule has 0 heterocycles. The van der Waals surface area contributed by atoms with Crippen LogP contribution in [0, 0.1) is 5.82 Å². The number of hydrogen-bond acceptors (Lipinski definition) is 2. The van der Waals surface area contributed by atoms with E-state index in [0.717, 1.165) is 0 Å². The highest BCUT2D eigenvalue weighted by atomic mass is 19.3. The van der Waals surface area contributed by atoms with Gasteiger partial charge in [-0.3, -0.25) is 0 Å². The smallest absolute Gasteiger partial charge is 0.264 e. The van der Waals surface area contributed by atoms with Crippen molar-refractivity contribution in [1.82, 2.24) is 0 Å². The van der Waals surface area contributed by atoms with E-state index in [1.807, 2.05) is 0 Å². The molecule has 2 nitrogen and oxygen atoms in total. The van der Waals surface area contributed by atoms with E-state index < -0.39 is 6.43 Å². The highest BCUT2D eigenvalue weighted by Gasteiger charge is 2.10. The Bertz CT molecular complexity index is 599. The Labute approximate surface area is 114 Å². The van der Waals surface area contributed by atoms with Crippen LogP contribution in [0.25, 0.3) is 0 Å². The summed E-state index contributed by atoms with van der Waals surface area (Å²) < 4.78 is 38.3. The molecular weight excluding hydrogens is 267 g/mol. The van der Waals surface area contributed by atoms with Gasteiger partial charge in [-0.25, -0.2) is 13.2 Å². The molecule has 103 valence electrons. The van der Waals surface area contributed by atoms with E-state index in [-0.39, 0.29) is 23.6 Å². The van der Waals surface area contributed by atoms with Crippen LogP contribution in [0.5, 0.6) is 0 Å². The van der Waals surface area contributed by atoms with Gasteiger partial charge in [-0.1, -0.05) is 41.6 Å². The van der Waals surface area contributed by atoms with Crippen molar-refractivity contribution in [2.75, 3.05) is 0 Å². The quantitative estimate of drug-likeness (QED) is 0.593. The van der Waals surface area contributed by atoms with Crippen LogP contribution in [0.15, 0.2) is 53.7 Å². The highest BCUT2D eigenvalue weighted by molar-refractivity contribution is 5.81. The van der Waals surface area contributed by atoms with Crippen molar-refractivity contribution >= 4 is 6.21 Å². The molecule has 2 aromatic rings. The van der Waals surface area contributed by atoms with Crippen molar-refractivity contribution in [2.45, 2.75) is 13.0 Å². The minimum absolute atomic E-state index is 0.0433. The zero-order valence-corrected chi connectivity index (χ0v) is 10.4. The summed E-state index contributed by atoms with van der Waals surface area (Å²) in [7, 11) is 0. The zero-order valence-electron chi connectivity index (χ0n) is 10.4. The molecule has 0 saturated heterocycles. The molecule has 0 N–H and O–H groups in total. The van der Waals surface area contributed by atoms with E-state index in [0.29, 0.717) is 5.56 Å². The van der Waals surface area contributed by atoms with Gasteiger partial charge in [0.25, 0.3) is 6.43 Å². The third kappa shape index (κ3) is 3.85. The van der Waals surface area contributed by atoms with Gasteiger partial charge in [0.2, 0.25) is 0 Å². The topological polar surface area (TPSA) is 21.6 Å². The van der Waals surface area contributed by atoms with Crippen LogP contribution in [0.4, 0.5) is 13.2 Å². The lowest BCUT2D eigenvalue weighted by atomic mass is 10.1. The molecule has 0 fully saturated rings. The fourth-order valence-corrected chi connectivity index (χ4v) is 1.60. The first-order valence-electron chi connectivity index (χ1n) is 5.86. The molecule has 0 aliphatic heterocycles. The number of rotatable bonds is 5. The molecule has 2 aromatic carbocycles. The van der Waals surface area contributed by atoms with Gasteiger partial charge in [0.15, 0.2) is 0 Å². The van der Waals surface area contributed by atoms with Crippen LogP contribution in [0.1, 0.15) is 23.1 Å². The number of nitrogens with zero attached hydrogens (tertiary/aromatic N) is 1. The van der Waals surface area contributed by atoms with Crippen LogP contribution < -0.4 is 0 Å². The molecule has 0 saturated carbocycles. The average molecular weight is 278 g/mol. The summed E-state index contributed by atoms with van der Waals surface area (Å²) in [5, 5.41) is 3.50. The van der Waals surface area contributed by atoms with Crippen molar-refractivity contribution < 1.29 is 18.0 Å².